The summed E-state index contributed by atoms with van der Waals surface area (Å²) in [4.78, 5) is 34.5. The zero-order valence-electron chi connectivity index (χ0n) is 13.2. The Labute approximate surface area is 157 Å². The van der Waals surface area contributed by atoms with Gasteiger partial charge in [-0.1, -0.05) is 41.4 Å². The van der Waals surface area contributed by atoms with Gasteiger partial charge in [0, 0.05) is 10.0 Å². The minimum Gasteiger partial charge on any atom is -0.481 e. The zero-order chi connectivity index (χ0) is 19.1. The molecule has 0 saturated carbocycles. The van der Waals surface area contributed by atoms with Crippen LogP contribution in [-0.2, 0) is 11.2 Å². The lowest BCUT2D eigenvalue weighted by Crippen LogP contribution is -2.30. The number of carboxylic acids is 1. The highest BCUT2D eigenvalue weighted by molar-refractivity contribution is 6.30. The van der Waals surface area contributed by atoms with Crippen LogP contribution in [0, 0.1) is 0 Å². The van der Waals surface area contributed by atoms with Crippen LogP contribution in [0.25, 0.3) is 5.69 Å². The molecule has 0 unspecified atom stereocenters. The number of H-pyrrole nitrogens is 1. The smallest absolute Gasteiger partial charge is 0.349 e. The molecule has 0 aliphatic carbocycles. The third kappa shape index (κ3) is 5.87. The number of benzene rings is 2. The minimum absolute atomic E-state index is 0.0527. The van der Waals surface area contributed by atoms with Crippen LogP contribution >= 0.6 is 23.2 Å². The van der Waals surface area contributed by atoms with Gasteiger partial charge in [-0.25, -0.2) is 4.79 Å². The molecule has 0 aliphatic heterocycles. The van der Waals surface area contributed by atoms with E-state index in [1.54, 1.807) is 48.5 Å². The number of halogens is 2. The SMILES string of the molecule is O=C(O)Cc1ccc(Cl)cc1.O=c1cnn(-c2cccc(Cl)c2)c(=O)[nH]1. The molecule has 2 N–H and O–H groups in total. The van der Waals surface area contributed by atoms with Gasteiger partial charge in [0.2, 0.25) is 0 Å². The summed E-state index contributed by atoms with van der Waals surface area (Å²) in [5, 5.41) is 13.2. The molecule has 0 aliphatic rings. The van der Waals surface area contributed by atoms with E-state index in [1.165, 1.54) is 0 Å². The first kappa shape index (κ1) is 19.4. The molecule has 134 valence electrons. The fourth-order valence-corrected chi connectivity index (χ4v) is 2.23. The van der Waals surface area contributed by atoms with Crippen molar-refractivity contribution in [2.24, 2.45) is 0 Å². The van der Waals surface area contributed by atoms with E-state index in [-0.39, 0.29) is 6.42 Å². The maximum atomic E-state index is 11.4. The molecule has 7 nitrogen and oxygen atoms in total. The quantitative estimate of drug-likeness (QED) is 0.711. The maximum Gasteiger partial charge on any atom is 0.349 e. The van der Waals surface area contributed by atoms with Crippen LogP contribution in [0.2, 0.25) is 10.0 Å². The molecule has 0 spiro atoms. The van der Waals surface area contributed by atoms with Crippen molar-refractivity contribution in [1.82, 2.24) is 14.8 Å². The third-order valence-corrected chi connectivity index (χ3v) is 3.52. The van der Waals surface area contributed by atoms with Crippen LogP contribution in [0.4, 0.5) is 0 Å². The van der Waals surface area contributed by atoms with E-state index >= 15 is 0 Å². The highest BCUT2D eigenvalue weighted by Gasteiger charge is 2.01. The zero-order valence-corrected chi connectivity index (χ0v) is 14.7. The summed E-state index contributed by atoms with van der Waals surface area (Å²) in [6, 6.07) is 13.4. The van der Waals surface area contributed by atoms with Crippen molar-refractivity contribution in [3.63, 3.8) is 0 Å². The van der Waals surface area contributed by atoms with E-state index in [0.29, 0.717) is 15.7 Å². The van der Waals surface area contributed by atoms with Crippen LogP contribution in [0.15, 0.2) is 64.3 Å². The van der Waals surface area contributed by atoms with Gasteiger partial charge < -0.3 is 5.11 Å². The predicted molar refractivity (Wildman–Crippen MR) is 98.3 cm³/mol. The van der Waals surface area contributed by atoms with E-state index in [9.17, 15) is 14.4 Å². The Morgan fingerprint density at radius 1 is 1.08 bits per heavy atom. The number of nitrogens with one attached hydrogen (secondary N) is 1. The monoisotopic (exact) mass is 393 g/mol. The van der Waals surface area contributed by atoms with Crippen molar-refractivity contribution in [2.45, 2.75) is 6.42 Å². The Morgan fingerprint density at radius 2 is 1.77 bits per heavy atom. The van der Waals surface area contributed by atoms with Crippen molar-refractivity contribution >= 4 is 29.2 Å². The van der Waals surface area contributed by atoms with Gasteiger partial charge in [-0.2, -0.15) is 9.78 Å². The molecule has 0 bridgehead atoms. The maximum absolute atomic E-state index is 11.4. The van der Waals surface area contributed by atoms with Gasteiger partial charge in [0.15, 0.2) is 0 Å². The first-order valence-corrected chi connectivity index (χ1v) is 8.01. The van der Waals surface area contributed by atoms with Crippen molar-refractivity contribution < 1.29 is 9.90 Å². The van der Waals surface area contributed by atoms with Gasteiger partial charge in [0.05, 0.1) is 12.1 Å². The van der Waals surface area contributed by atoms with Crippen LogP contribution in [0.5, 0.6) is 0 Å². The van der Waals surface area contributed by atoms with Gasteiger partial charge in [-0.05, 0) is 35.9 Å². The highest BCUT2D eigenvalue weighted by atomic mass is 35.5. The molecular formula is C17H13Cl2N3O4. The second kappa shape index (κ2) is 8.98. The van der Waals surface area contributed by atoms with Gasteiger partial charge in [-0.3, -0.25) is 14.6 Å². The van der Waals surface area contributed by atoms with Gasteiger partial charge >= 0.3 is 11.7 Å². The summed E-state index contributed by atoms with van der Waals surface area (Å²) < 4.78 is 1.06. The van der Waals surface area contributed by atoms with E-state index < -0.39 is 17.2 Å². The Balaban J connectivity index is 0.000000197. The van der Waals surface area contributed by atoms with Crippen molar-refractivity contribution in [3.05, 3.63) is 91.2 Å². The molecule has 0 saturated heterocycles. The number of carbonyl (C=O) groups is 1. The minimum atomic E-state index is -0.827. The molecular weight excluding hydrogens is 381 g/mol. The second-order valence-corrected chi connectivity index (χ2v) is 5.90. The number of aliphatic carboxylic acids is 1. The van der Waals surface area contributed by atoms with E-state index in [4.69, 9.17) is 28.3 Å². The van der Waals surface area contributed by atoms with Gasteiger partial charge in [0.1, 0.15) is 6.20 Å². The number of hydrogen-bond donors (Lipinski definition) is 2. The van der Waals surface area contributed by atoms with Gasteiger partial charge in [-0.15, -0.1) is 0 Å². The largest absolute Gasteiger partial charge is 0.481 e. The van der Waals surface area contributed by atoms with Gasteiger partial charge in [0.25, 0.3) is 5.56 Å². The molecule has 3 aromatic rings. The Bertz CT molecular complexity index is 1010. The topological polar surface area (TPSA) is 105 Å². The van der Waals surface area contributed by atoms with Crippen LogP contribution in [0.1, 0.15) is 5.56 Å². The molecule has 9 heteroatoms. The van der Waals surface area contributed by atoms with E-state index in [0.717, 1.165) is 16.4 Å². The second-order valence-electron chi connectivity index (χ2n) is 5.03. The molecule has 1 heterocycles. The molecule has 0 amide bonds. The summed E-state index contributed by atoms with van der Waals surface area (Å²) in [6.45, 7) is 0. The number of rotatable bonds is 3. The Hall–Kier alpha value is -2.90. The lowest BCUT2D eigenvalue weighted by atomic mass is 10.2. The molecule has 0 fully saturated rings. The van der Waals surface area contributed by atoms with Crippen molar-refractivity contribution in [1.29, 1.82) is 0 Å². The number of aromatic amines is 1. The predicted octanol–water partition coefficient (Wildman–Crippen LogP) is 2.54. The molecule has 0 radical (unpaired) electrons. The average molecular weight is 394 g/mol. The highest BCUT2D eigenvalue weighted by Crippen LogP contribution is 2.12. The number of aromatic nitrogens is 3. The van der Waals surface area contributed by atoms with Crippen molar-refractivity contribution in [2.75, 3.05) is 0 Å². The van der Waals surface area contributed by atoms with Crippen LogP contribution in [0.3, 0.4) is 0 Å². The molecule has 1 aromatic heterocycles. The summed E-state index contributed by atoms with van der Waals surface area (Å²) in [7, 11) is 0. The molecule has 3 rings (SSSR count). The van der Waals surface area contributed by atoms with E-state index in [2.05, 4.69) is 10.1 Å². The third-order valence-electron chi connectivity index (χ3n) is 3.03. The van der Waals surface area contributed by atoms with Crippen LogP contribution in [-0.4, -0.2) is 25.8 Å². The lowest BCUT2D eigenvalue weighted by molar-refractivity contribution is -0.136. The average Bonchev–Trinajstić information content (AvgIpc) is 2.57. The van der Waals surface area contributed by atoms with Crippen molar-refractivity contribution in [3.8, 4) is 5.69 Å². The van der Waals surface area contributed by atoms with Crippen LogP contribution < -0.4 is 11.2 Å². The standard InChI is InChI=1S/C9H6ClN3O2.C8H7ClO2/c10-6-2-1-3-7(4-6)13-9(15)12-8(14)5-11-13;9-7-3-1-6(2-4-7)5-8(10)11/h1-5H,(H,12,14,15);1-4H,5H2,(H,10,11). The van der Waals surface area contributed by atoms with E-state index in [1.807, 2.05) is 0 Å². The number of hydrogen-bond acceptors (Lipinski definition) is 4. The number of carboxylic acid groups (broad SMARTS) is 1. The molecule has 26 heavy (non-hydrogen) atoms. The summed E-state index contributed by atoms with van der Waals surface area (Å²) in [6.07, 6.45) is 1.08. The Kier molecular flexibility index (Phi) is 6.71. The summed E-state index contributed by atoms with van der Waals surface area (Å²) >= 11 is 11.4. The summed E-state index contributed by atoms with van der Waals surface area (Å²) in [5.41, 5.74) is 0.147. The summed E-state index contributed by atoms with van der Waals surface area (Å²) in [5.74, 6) is -0.827. The number of nitrogens with zero attached hydrogens (tertiary/aromatic N) is 2. The fourth-order valence-electron chi connectivity index (χ4n) is 1.92. The molecule has 0 atom stereocenters. The first-order valence-electron chi connectivity index (χ1n) is 7.26. The fraction of sp³-hybridized carbons (Fsp3) is 0.0588. The molecule has 2 aromatic carbocycles. The first-order chi connectivity index (χ1) is 12.3. The Morgan fingerprint density at radius 3 is 2.35 bits per heavy atom. The lowest BCUT2D eigenvalue weighted by Gasteiger charge is -2.02. The normalized spacial score (nSPS) is 9.92.